The quantitative estimate of drug-likeness (QED) is 0.165. The number of methoxy groups -OCH3 is 2. The molecule has 0 spiro atoms. The zero-order valence-corrected chi connectivity index (χ0v) is 21.1. The van der Waals surface area contributed by atoms with Crippen LogP contribution in [0.5, 0.6) is 17.2 Å². The fraction of sp³-hybridized carbons (Fsp3) is 0.320. The summed E-state index contributed by atoms with van der Waals surface area (Å²) in [6.45, 7) is 0.979. The maximum atomic E-state index is 11.2. The van der Waals surface area contributed by atoms with Gasteiger partial charge >= 0.3 is 14.5 Å². The number of carboxylic acids is 1. The molecule has 0 radical (unpaired) electrons. The normalized spacial score (nSPS) is 12.0. The van der Waals surface area contributed by atoms with Gasteiger partial charge in [0.25, 0.3) is 0 Å². The molecular weight excluding hydrogens is 477 g/mol. The predicted octanol–water partition coefficient (Wildman–Crippen LogP) is 6.33. The summed E-state index contributed by atoms with van der Waals surface area (Å²) in [4.78, 5) is 11.2. The van der Waals surface area contributed by atoms with Gasteiger partial charge in [-0.1, -0.05) is 24.3 Å². The number of unbranched alkanes of at least 4 members (excludes halogenated alkanes) is 1. The van der Waals surface area contributed by atoms with Crippen molar-refractivity contribution < 1.29 is 28.4 Å². The number of aromatic carboxylic acids is 1. The van der Waals surface area contributed by atoms with Crippen molar-refractivity contribution in [2.45, 2.75) is 19.4 Å². The number of hydrogen-bond acceptors (Lipinski definition) is 6. The van der Waals surface area contributed by atoms with E-state index in [0.29, 0.717) is 11.6 Å². The molecule has 0 heterocycles. The molecule has 0 fully saturated rings. The van der Waals surface area contributed by atoms with Gasteiger partial charge in [-0.15, -0.1) is 11.6 Å². The fourth-order valence-electron chi connectivity index (χ4n) is 3.47. The summed E-state index contributed by atoms with van der Waals surface area (Å²) in [6.07, 6.45) is 1.79. The first kappa shape index (κ1) is 26.0. The van der Waals surface area contributed by atoms with Crippen molar-refractivity contribution >= 4 is 36.9 Å². The molecule has 3 aromatic carbocycles. The lowest BCUT2D eigenvalue weighted by Gasteiger charge is -2.26. The van der Waals surface area contributed by atoms with Gasteiger partial charge in [0.1, 0.15) is 17.2 Å². The summed E-state index contributed by atoms with van der Waals surface area (Å²) < 4.78 is 25.8. The lowest BCUT2D eigenvalue weighted by Crippen LogP contribution is -2.18. The van der Waals surface area contributed by atoms with Crippen LogP contribution < -0.4 is 14.0 Å². The number of hydrogen-bond donors (Lipinski definition) is 1. The van der Waals surface area contributed by atoms with Gasteiger partial charge in [-0.25, -0.2) is 9.46 Å². The van der Waals surface area contributed by atoms with E-state index in [0.717, 1.165) is 47.2 Å². The molecule has 0 aliphatic carbocycles. The maximum Gasteiger partial charge on any atom is 0.335 e. The molecule has 0 aliphatic rings. The van der Waals surface area contributed by atoms with Crippen LogP contribution in [-0.4, -0.2) is 49.4 Å². The van der Waals surface area contributed by atoms with Gasteiger partial charge in [0.15, 0.2) is 0 Å². The highest BCUT2D eigenvalue weighted by Crippen LogP contribution is 2.45. The minimum atomic E-state index is -1.49. The average Bonchev–Trinajstić information content (AvgIpc) is 2.86. The van der Waals surface area contributed by atoms with Gasteiger partial charge in [0.05, 0.1) is 26.4 Å². The van der Waals surface area contributed by atoms with Crippen molar-refractivity contribution in [2.75, 3.05) is 33.7 Å². The van der Waals surface area contributed by atoms with Crippen LogP contribution in [0.1, 0.15) is 28.8 Å². The van der Waals surface area contributed by atoms with Crippen molar-refractivity contribution in [3.63, 3.8) is 0 Å². The van der Waals surface area contributed by atoms with Gasteiger partial charge in [0.2, 0.25) is 0 Å². The highest BCUT2D eigenvalue weighted by Gasteiger charge is 2.22. The third-order valence-corrected chi connectivity index (χ3v) is 6.96. The van der Waals surface area contributed by atoms with E-state index < -0.39 is 14.5 Å². The second-order valence-corrected chi connectivity index (χ2v) is 9.50. The van der Waals surface area contributed by atoms with Gasteiger partial charge < -0.3 is 23.6 Å². The van der Waals surface area contributed by atoms with Crippen LogP contribution in [0.2, 0.25) is 0 Å². The maximum absolute atomic E-state index is 11.2. The van der Waals surface area contributed by atoms with E-state index in [-0.39, 0.29) is 12.2 Å². The Labute approximate surface area is 206 Å². The van der Waals surface area contributed by atoms with Crippen LogP contribution in [0.25, 0.3) is 10.8 Å². The summed E-state index contributed by atoms with van der Waals surface area (Å²) in [7, 11) is 3.72. The monoisotopic (exact) mass is 505 g/mol. The lowest BCUT2D eigenvalue weighted by atomic mass is 10.0. The van der Waals surface area contributed by atoms with Crippen molar-refractivity contribution in [3.05, 3.63) is 65.7 Å². The first-order valence-electron chi connectivity index (χ1n) is 10.8. The Hall–Kier alpha value is -2.57. The Kier molecular flexibility index (Phi) is 9.78. The molecule has 34 heavy (non-hydrogen) atoms. The third-order valence-electron chi connectivity index (χ3n) is 5.22. The minimum absolute atomic E-state index is 0.195. The summed E-state index contributed by atoms with van der Waals surface area (Å²) in [5.74, 6) is 1.60. The molecule has 9 heteroatoms. The predicted molar refractivity (Wildman–Crippen MR) is 135 cm³/mol. The Morgan fingerprint density at radius 1 is 1.03 bits per heavy atom. The van der Waals surface area contributed by atoms with Crippen LogP contribution in [0.4, 0.5) is 0 Å². The fourth-order valence-corrected chi connectivity index (χ4v) is 4.91. The number of benzene rings is 3. The first-order valence-corrected chi connectivity index (χ1v) is 12.5. The molecular formula is C25H29ClNO6P. The van der Waals surface area contributed by atoms with E-state index in [1.807, 2.05) is 42.0 Å². The number of carboxylic acid groups (broad SMARTS) is 1. The first-order chi connectivity index (χ1) is 16.5. The number of fused-ring (bicyclic) bond motifs is 1. The molecule has 1 unspecified atom stereocenters. The molecule has 0 saturated carbocycles. The van der Waals surface area contributed by atoms with Crippen molar-refractivity contribution in [2.24, 2.45) is 0 Å². The van der Waals surface area contributed by atoms with E-state index in [1.54, 1.807) is 26.4 Å². The van der Waals surface area contributed by atoms with E-state index in [2.05, 4.69) is 0 Å². The topological polar surface area (TPSA) is 77.5 Å². The number of carbonyl (C=O) groups is 1. The van der Waals surface area contributed by atoms with Crippen LogP contribution in [0.3, 0.4) is 0 Å². The smallest absolute Gasteiger partial charge is 0.335 e. The Balaban J connectivity index is 1.84. The molecule has 0 aromatic heterocycles. The number of halogens is 1. The van der Waals surface area contributed by atoms with E-state index in [9.17, 15) is 4.79 Å². The molecule has 0 amide bonds. The summed E-state index contributed by atoms with van der Waals surface area (Å²) in [6, 6.07) is 16.1. The molecule has 1 N–H and O–H groups in total. The third kappa shape index (κ3) is 6.51. The van der Waals surface area contributed by atoms with Crippen molar-refractivity contribution in [1.82, 2.24) is 4.67 Å². The number of rotatable bonds is 13. The Morgan fingerprint density at radius 3 is 2.35 bits per heavy atom. The van der Waals surface area contributed by atoms with Crippen LogP contribution >= 0.6 is 20.1 Å². The largest absolute Gasteiger partial charge is 0.496 e. The van der Waals surface area contributed by atoms with Crippen LogP contribution in [0, 0.1) is 0 Å². The molecule has 3 rings (SSSR count). The van der Waals surface area contributed by atoms with Crippen LogP contribution in [-0.2, 0) is 11.1 Å². The second kappa shape index (κ2) is 12.8. The molecule has 3 aromatic rings. The highest BCUT2D eigenvalue weighted by atomic mass is 35.5. The summed E-state index contributed by atoms with van der Waals surface area (Å²) in [5, 5.41) is 11.0. The minimum Gasteiger partial charge on any atom is -0.496 e. The van der Waals surface area contributed by atoms with Gasteiger partial charge in [0, 0.05) is 28.8 Å². The summed E-state index contributed by atoms with van der Waals surface area (Å²) in [5.41, 5.74) is 1.03. The zero-order chi connectivity index (χ0) is 24.5. The SMILES string of the molecule is COc1cc(COP(Oc2ccc(C(=O)O)cc2)N(C)CCCCCl)c(OC)c2ccccc12. The average molecular weight is 506 g/mol. The highest BCUT2D eigenvalue weighted by molar-refractivity contribution is 7.44. The Bertz CT molecular complexity index is 1090. The molecule has 0 aliphatic heterocycles. The standard InChI is InChI=1S/C25H29ClNO6P/c1-27(15-7-6-14-26)34(33-20-12-10-18(11-13-20)25(28)29)32-17-19-16-23(30-2)21-8-4-5-9-22(21)24(19)31-3/h4-5,8-13,16H,6-7,14-15,17H2,1-3H3,(H,28,29). The molecule has 0 bridgehead atoms. The molecule has 182 valence electrons. The molecule has 1 atom stereocenters. The zero-order valence-electron chi connectivity index (χ0n) is 19.5. The number of alkyl halides is 1. The lowest BCUT2D eigenvalue weighted by molar-refractivity contribution is 0.0697. The Morgan fingerprint density at radius 2 is 1.74 bits per heavy atom. The second-order valence-electron chi connectivity index (χ2n) is 7.53. The molecule has 0 saturated heterocycles. The van der Waals surface area contributed by atoms with Gasteiger partial charge in [-0.3, -0.25) is 0 Å². The van der Waals surface area contributed by atoms with E-state index >= 15 is 0 Å². The van der Waals surface area contributed by atoms with E-state index in [1.165, 1.54) is 12.1 Å². The van der Waals surface area contributed by atoms with E-state index in [4.69, 9.17) is 35.2 Å². The molecule has 7 nitrogen and oxygen atoms in total. The van der Waals surface area contributed by atoms with Gasteiger partial charge in [-0.2, -0.15) is 0 Å². The number of nitrogens with zero attached hydrogens (tertiary/aromatic N) is 1. The number of ether oxygens (including phenoxy) is 2. The van der Waals surface area contributed by atoms with Crippen LogP contribution in [0.15, 0.2) is 54.6 Å². The summed E-state index contributed by atoms with van der Waals surface area (Å²) >= 11 is 5.84. The van der Waals surface area contributed by atoms with Crippen molar-refractivity contribution in [3.8, 4) is 17.2 Å². The van der Waals surface area contributed by atoms with Gasteiger partial charge in [-0.05, 0) is 50.2 Å². The van der Waals surface area contributed by atoms with Crippen molar-refractivity contribution in [1.29, 1.82) is 0 Å².